The largest absolute Gasteiger partial charge is 0.522 e. The van der Waals surface area contributed by atoms with Gasteiger partial charge in [0.25, 0.3) is 0 Å². The molecule has 0 heterocycles. The number of aliphatic carboxylic acids is 1. The third kappa shape index (κ3) is 4.80. The number of hydrogen-bond donors (Lipinski definition) is 2. The molecule has 0 bridgehead atoms. The molecular weight excluding hydrogens is 227 g/mol. The summed E-state index contributed by atoms with van der Waals surface area (Å²) >= 11 is 0. The Bertz CT molecular complexity index is 227. The minimum absolute atomic E-state index is 0.159. The van der Waals surface area contributed by atoms with Crippen molar-refractivity contribution < 1.29 is 27.8 Å². The third-order valence-electron chi connectivity index (χ3n) is 2.45. The van der Waals surface area contributed by atoms with Gasteiger partial charge in [-0.3, -0.25) is 14.8 Å². The number of alkyl halides is 3. The Morgan fingerprint density at radius 1 is 1.31 bits per heavy atom. The molecule has 0 aromatic rings. The smallest absolute Gasteiger partial charge is 0.480 e. The lowest BCUT2D eigenvalue weighted by molar-refractivity contribution is -0.323. The normalized spacial score (nSPS) is 12.8. The van der Waals surface area contributed by atoms with Crippen molar-refractivity contribution in [1.82, 2.24) is 5.32 Å². The van der Waals surface area contributed by atoms with Gasteiger partial charge >= 0.3 is 12.3 Å². The van der Waals surface area contributed by atoms with Crippen molar-refractivity contribution in [3.05, 3.63) is 0 Å². The fourth-order valence-corrected chi connectivity index (χ4v) is 1.34. The van der Waals surface area contributed by atoms with E-state index < -0.39 is 24.5 Å². The number of ether oxygens (including phenoxy) is 1. The van der Waals surface area contributed by atoms with Gasteiger partial charge in [-0.1, -0.05) is 13.8 Å². The number of halogens is 3. The molecule has 0 radical (unpaired) electrons. The lowest BCUT2D eigenvalue weighted by atomic mass is 9.93. The van der Waals surface area contributed by atoms with Gasteiger partial charge in [-0.05, 0) is 12.8 Å². The van der Waals surface area contributed by atoms with E-state index in [0.29, 0.717) is 12.8 Å². The van der Waals surface area contributed by atoms with Gasteiger partial charge < -0.3 is 5.11 Å². The van der Waals surface area contributed by atoms with Crippen molar-refractivity contribution in [2.45, 2.75) is 38.6 Å². The van der Waals surface area contributed by atoms with Crippen molar-refractivity contribution in [2.24, 2.45) is 0 Å². The van der Waals surface area contributed by atoms with Gasteiger partial charge in [0.1, 0.15) is 5.54 Å². The van der Waals surface area contributed by atoms with Crippen LogP contribution in [-0.2, 0) is 9.53 Å². The summed E-state index contributed by atoms with van der Waals surface area (Å²) in [5.74, 6) is -1.07. The minimum atomic E-state index is -4.67. The molecule has 0 aliphatic heterocycles. The zero-order valence-corrected chi connectivity index (χ0v) is 9.23. The van der Waals surface area contributed by atoms with Crippen molar-refractivity contribution in [3.8, 4) is 0 Å². The number of carboxylic acids is 1. The number of carbonyl (C=O) groups is 1. The molecule has 0 aromatic heterocycles. The van der Waals surface area contributed by atoms with Gasteiger partial charge in [-0.2, -0.15) is 0 Å². The van der Waals surface area contributed by atoms with Crippen LogP contribution in [0.4, 0.5) is 13.2 Å². The molecule has 0 atom stereocenters. The topological polar surface area (TPSA) is 58.6 Å². The fourth-order valence-electron chi connectivity index (χ4n) is 1.34. The summed E-state index contributed by atoms with van der Waals surface area (Å²) in [6.07, 6.45) is -4.08. The summed E-state index contributed by atoms with van der Waals surface area (Å²) in [6.45, 7) is 2.57. The molecule has 0 unspecified atom stereocenters. The molecule has 96 valence electrons. The number of nitrogens with one attached hydrogen (secondary N) is 1. The standard InChI is InChI=1S/C9H16F3NO3/c1-3-8(4-2,7(14)15)13-5-6-16-9(10,11)12/h13H,3-6H2,1-2H3,(H,14,15). The van der Waals surface area contributed by atoms with E-state index >= 15 is 0 Å². The molecule has 0 aromatic carbocycles. The van der Waals surface area contributed by atoms with Crippen LogP contribution in [-0.4, -0.2) is 36.1 Å². The molecule has 0 saturated carbocycles. The Kier molecular flexibility index (Phi) is 5.74. The molecule has 7 heteroatoms. The highest BCUT2D eigenvalue weighted by Gasteiger charge is 2.34. The third-order valence-corrected chi connectivity index (χ3v) is 2.45. The van der Waals surface area contributed by atoms with Crippen molar-refractivity contribution >= 4 is 5.97 Å². The van der Waals surface area contributed by atoms with Crippen LogP contribution in [0.2, 0.25) is 0 Å². The predicted octanol–water partition coefficient (Wildman–Crippen LogP) is 1.76. The average molecular weight is 243 g/mol. The molecular formula is C9H16F3NO3. The molecule has 0 aliphatic carbocycles. The molecule has 16 heavy (non-hydrogen) atoms. The highest BCUT2D eigenvalue weighted by Crippen LogP contribution is 2.17. The van der Waals surface area contributed by atoms with Crippen molar-refractivity contribution in [2.75, 3.05) is 13.2 Å². The Morgan fingerprint density at radius 3 is 2.12 bits per heavy atom. The molecule has 2 N–H and O–H groups in total. The Balaban J connectivity index is 4.10. The van der Waals surface area contributed by atoms with Crippen LogP contribution >= 0.6 is 0 Å². The number of rotatable bonds is 7. The zero-order valence-electron chi connectivity index (χ0n) is 9.23. The van der Waals surface area contributed by atoms with E-state index in [1.54, 1.807) is 13.8 Å². The summed E-state index contributed by atoms with van der Waals surface area (Å²) < 4.78 is 38.4. The molecule has 4 nitrogen and oxygen atoms in total. The second-order valence-corrected chi connectivity index (χ2v) is 3.32. The predicted molar refractivity (Wildman–Crippen MR) is 51.0 cm³/mol. The maximum absolute atomic E-state index is 11.6. The van der Waals surface area contributed by atoms with E-state index in [1.807, 2.05) is 0 Å². The van der Waals surface area contributed by atoms with Gasteiger partial charge in [0.15, 0.2) is 0 Å². The summed E-state index contributed by atoms with van der Waals surface area (Å²) in [4.78, 5) is 10.9. The highest BCUT2D eigenvalue weighted by atomic mass is 19.4. The zero-order chi connectivity index (χ0) is 12.8. The van der Waals surface area contributed by atoms with Crippen LogP contribution < -0.4 is 5.32 Å². The first-order chi connectivity index (χ1) is 7.27. The number of carboxylic acid groups (broad SMARTS) is 1. The van der Waals surface area contributed by atoms with Crippen LogP contribution in [0.3, 0.4) is 0 Å². The SMILES string of the molecule is CCC(CC)(NCCOC(F)(F)F)C(=O)O. The monoisotopic (exact) mass is 243 g/mol. The van der Waals surface area contributed by atoms with Gasteiger partial charge in [-0.15, -0.1) is 13.2 Å². The van der Waals surface area contributed by atoms with Crippen LogP contribution in [0.15, 0.2) is 0 Å². The molecule has 0 saturated heterocycles. The molecule has 0 fully saturated rings. The maximum atomic E-state index is 11.6. The fraction of sp³-hybridized carbons (Fsp3) is 0.889. The Morgan fingerprint density at radius 2 is 1.81 bits per heavy atom. The van der Waals surface area contributed by atoms with Crippen LogP contribution in [0.5, 0.6) is 0 Å². The van der Waals surface area contributed by atoms with Crippen LogP contribution in [0, 0.1) is 0 Å². The van der Waals surface area contributed by atoms with Gasteiger partial charge in [-0.25, -0.2) is 0 Å². The second kappa shape index (κ2) is 6.05. The first-order valence-electron chi connectivity index (χ1n) is 4.96. The molecule has 0 amide bonds. The summed E-state index contributed by atoms with van der Waals surface area (Å²) in [6, 6.07) is 0. The van der Waals surface area contributed by atoms with Crippen molar-refractivity contribution in [1.29, 1.82) is 0 Å². The highest BCUT2D eigenvalue weighted by molar-refractivity contribution is 5.78. The first-order valence-corrected chi connectivity index (χ1v) is 4.96. The van der Waals surface area contributed by atoms with E-state index in [-0.39, 0.29) is 6.54 Å². The molecule has 0 aliphatic rings. The first kappa shape index (κ1) is 15.2. The quantitative estimate of drug-likeness (QED) is 0.669. The second-order valence-electron chi connectivity index (χ2n) is 3.32. The van der Waals surface area contributed by atoms with E-state index in [1.165, 1.54) is 0 Å². The van der Waals surface area contributed by atoms with Crippen LogP contribution in [0.1, 0.15) is 26.7 Å². The Hall–Kier alpha value is -0.820. The number of hydrogen-bond acceptors (Lipinski definition) is 3. The van der Waals surface area contributed by atoms with Gasteiger partial charge in [0.2, 0.25) is 0 Å². The van der Waals surface area contributed by atoms with E-state index in [9.17, 15) is 18.0 Å². The summed E-state index contributed by atoms with van der Waals surface area (Å²) in [5.41, 5.74) is -1.17. The molecule has 0 rings (SSSR count). The maximum Gasteiger partial charge on any atom is 0.522 e. The minimum Gasteiger partial charge on any atom is -0.480 e. The summed E-state index contributed by atoms with van der Waals surface area (Å²) in [5, 5.41) is 11.5. The lowest BCUT2D eigenvalue weighted by Gasteiger charge is -2.28. The van der Waals surface area contributed by atoms with Gasteiger partial charge in [0.05, 0.1) is 6.61 Å². The molecule has 0 spiro atoms. The summed E-state index contributed by atoms with van der Waals surface area (Å²) in [7, 11) is 0. The van der Waals surface area contributed by atoms with E-state index in [2.05, 4.69) is 10.1 Å². The van der Waals surface area contributed by atoms with E-state index in [4.69, 9.17) is 5.11 Å². The average Bonchev–Trinajstić information content (AvgIpc) is 2.17. The Labute approximate surface area is 91.8 Å². The van der Waals surface area contributed by atoms with Crippen molar-refractivity contribution in [3.63, 3.8) is 0 Å². The van der Waals surface area contributed by atoms with Gasteiger partial charge in [0, 0.05) is 6.54 Å². The van der Waals surface area contributed by atoms with E-state index in [0.717, 1.165) is 0 Å². The lowest BCUT2D eigenvalue weighted by Crippen LogP contribution is -2.52. The van der Waals surface area contributed by atoms with Crippen LogP contribution in [0.25, 0.3) is 0 Å².